The third-order valence-corrected chi connectivity index (χ3v) is 5.85. The Morgan fingerprint density at radius 2 is 1.86 bits per heavy atom. The van der Waals surface area contributed by atoms with E-state index in [9.17, 15) is 4.79 Å². The number of aromatic nitrogens is 3. The highest BCUT2D eigenvalue weighted by atomic mass is 16.5. The summed E-state index contributed by atoms with van der Waals surface area (Å²) in [6.07, 6.45) is 5.54. The third-order valence-electron chi connectivity index (χ3n) is 5.85. The van der Waals surface area contributed by atoms with Crippen LogP contribution in [0.5, 0.6) is 5.88 Å². The molecule has 1 saturated heterocycles. The maximum absolute atomic E-state index is 13.2. The number of amides is 1. The van der Waals surface area contributed by atoms with E-state index in [0.717, 1.165) is 36.6 Å². The van der Waals surface area contributed by atoms with E-state index in [0.29, 0.717) is 12.4 Å². The van der Waals surface area contributed by atoms with E-state index in [1.54, 1.807) is 19.5 Å². The van der Waals surface area contributed by atoms with Gasteiger partial charge in [0.2, 0.25) is 5.88 Å². The highest BCUT2D eigenvalue weighted by molar-refractivity contribution is 5.94. The highest BCUT2D eigenvalue weighted by Crippen LogP contribution is 2.35. The summed E-state index contributed by atoms with van der Waals surface area (Å²) in [5, 5.41) is 0. The minimum Gasteiger partial charge on any atom is -0.481 e. The molecule has 2 atom stereocenters. The summed E-state index contributed by atoms with van der Waals surface area (Å²) in [7, 11) is 1.65. The van der Waals surface area contributed by atoms with Crippen LogP contribution in [-0.4, -0.2) is 56.5 Å². The van der Waals surface area contributed by atoms with Gasteiger partial charge in [-0.2, -0.15) is 0 Å². The van der Waals surface area contributed by atoms with Gasteiger partial charge in [-0.05, 0) is 30.3 Å². The zero-order valence-corrected chi connectivity index (χ0v) is 16.3. The van der Waals surface area contributed by atoms with Crippen molar-refractivity contribution < 1.29 is 9.53 Å². The molecule has 3 aromatic heterocycles. The molecule has 0 aromatic carbocycles. The van der Waals surface area contributed by atoms with Gasteiger partial charge in [0.05, 0.1) is 31.4 Å². The Bertz CT molecular complexity index is 1020. The van der Waals surface area contributed by atoms with Gasteiger partial charge in [-0.3, -0.25) is 14.7 Å². The second kappa shape index (κ2) is 7.33. The van der Waals surface area contributed by atoms with Crippen molar-refractivity contribution in [2.24, 2.45) is 0 Å². The van der Waals surface area contributed by atoms with Crippen LogP contribution in [0.15, 0.2) is 61.1 Å². The topological polar surface area (TPSA) is 63.5 Å². The van der Waals surface area contributed by atoms with Crippen molar-refractivity contribution >= 4 is 5.91 Å². The summed E-state index contributed by atoms with van der Waals surface area (Å²) < 4.78 is 7.56. The van der Waals surface area contributed by atoms with Crippen LogP contribution >= 0.6 is 0 Å². The number of pyridine rings is 2. The van der Waals surface area contributed by atoms with E-state index < -0.39 is 0 Å². The van der Waals surface area contributed by atoms with Gasteiger partial charge in [0.1, 0.15) is 5.69 Å². The average Bonchev–Trinajstić information content (AvgIpc) is 3.39. The van der Waals surface area contributed by atoms with Crippen molar-refractivity contribution in [1.82, 2.24) is 24.3 Å². The molecule has 1 amide bonds. The molecule has 5 rings (SSSR count). The Morgan fingerprint density at radius 3 is 2.69 bits per heavy atom. The van der Waals surface area contributed by atoms with Gasteiger partial charge in [0.15, 0.2) is 0 Å². The first kappa shape index (κ1) is 17.9. The smallest absolute Gasteiger partial charge is 0.271 e. The molecule has 0 bridgehead atoms. The molecular weight excluding hydrogens is 366 g/mol. The van der Waals surface area contributed by atoms with Gasteiger partial charge < -0.3 is 14.2 Å². The molecule has 7 nitrogen and oxygen atoms in total. The molecule has 0 saturated carbocycles. The number of ether oxygens (including phenoxy) is 1. The fourth-order valence-corrected chi connectivity index (χ4v) is 4.54. The Kier molecular flexibility index (Phi) is 4.52. The minimum absolute atomic E-state index is 0.0720. The molecule has 0 aliphatic carbocycles. The predicted molar refractivity (Wildman–Crippen MR) is 107 cm³/mol. The summed E-state index contributed by atoms with van der Waals surface area (Å²) in [5.74, 6) is 0.730. The van der Waals surface area contributed by atoms with Crippen molar-refractivity contribution in [3.05, 3.63) is 78.0 Å². The fourth-order valence-electron chi connectivity index (χ4n) is 4.54. The first-order chi connectivity index (χ1) is 14.2. The van der Waals surface area contributed by atoms with Crippen molar-refractivity contribution in [2.75, 3.05) is 20.2 Å². The zero-order chi connectivity index (χ0) is 19.8. The average molecular weight is 389 g/mol. The molecule has 7 heteroatoms. The Morgan fingerprint density at radius 1 is 1.00 bits per heavy atom. The second-order valence-corrected chi connectivity index (χ2v) is 7.56. The van der Waals surface area contributed by atoms with Crippen molar-refractivity contribution in [2.45, 2.75) is 25.2 Å². The van der Waals surface area contributed by atoms with Crippen LogP contribution in [0.25, 0.3) is 0 Å². The predicted octanol–water partition coefficient (Wildman–Crippen LogP) is 2.37. The number of hydrogen-bond acceptors (Lipinski definition) is 5. The quantitative estimate of drug-likeness (QED) is 0.670. The number of likely N-dealkylation sites (tertiary alicyclic amines) is 1. The van der Waals surface area contributed by atoms with Crippen LogP contribution < -0.4 is 4.74 Å². The van der Waals surface area contributed by atoms with Crippen LogP contribution in [0.3, 0.4) is 0 Å². The molecular formula is C22H23N5O2. The number of fused-ring (bicyclic) bond motifs is 3. The molecule has 3 aromatic rings. The standard InChI is InChI=1S/C22H23N5O2/c1-29-21-16(6-4-10-24-21)12-25-14-19-20(15-25)27(13-17-7-2-3-9-23-17)22(28)18-8-5-11-26(18)19/h2-11,19-20H,12-15H2,1H3/t19-,20-/m1/s1. The van der Waals surface area contributed by atoms with E-state index >= 15 is 0 Å². The molecule has 2 aliphatic heterocycles. The third kappa shape index (κ3) is 3.17. The first-order valence-corrected chi connectivity index (χ1v) is 9.82. The summed E-state index contributed by atoms with van der Waals surface area (Å²) in [6, 6.07) is 14.0. The number of rotatable bonds is 5. The van der Waals surface area contributed by atoms with Gasteiger partial charge in [0, 0.05) is 43.8 Å². The monoisotopic (exact) mass is 389 g/mol. The number of carbonyl (C=O) groups excluding carboxylic acids is 1. The second-order valence-electron chi connectivity index (χ2n) is 7.56. The van der Waals surface area contributed by atoms with Crippen molar-refractivity contribution in [3.63, 3.8) is 0 Å². The lowest BCUT2D eigenvalue weighted by atomic mass is 10.1. The number of carbonyl (C=O) groups is 1. The summed E-state index contributed by atoms with van der Waals surface area (Å²) in [4.78, 5) is 26.3. The Balaban J connectivity index is 1.43. The van der Waals surface area contributed by atoms with Gasteiger partial charge in [-0.15, -0.1) is 0 Å². The first-order valence-electron chi connectivity index (χ1n) is 9.82. The van der Waals surface area contributed by atoms with Gasteiger partial charge in [0.25, 0.3) is 5.91 Å². The van der Waals surface area contributed by atoms with Crippen LogP contribution in [-0.2, 0) is 13.1 Å². The molecule has 0 spiro atoms. The summed E-state index contributed by atoms with van der Waals surface area (Å²) in [5.41, 5.74) is 2.72. The van der Waals surface area contributed by atoms with Crippen molar-refractivity contribution in [1.29, 1.82) is 0 Å². The Labute approximate surface area is 169 Å². The van der Waals surface area contributed by atoms with E-state index in [4.69, 9.17) is 4.74 Å². The van der Waals surface area contributed by atoms with Gasteiger partial charge >= 0.3 is 0 Å². The largest absolute Gasteiger partial charge is 0.481 e. The summed E-state index contributed by atoms with van der Waals surface area (Å²) in [6.45, 7) is 2.94. The lowest BCUT2D eigenvalue weighted by molar-refractivity contribution is 0.0553. The molecule has 5 heterocycles. The zero-order valence-electron chi connectivity index (χ0n) is 16.3. The molecule has 1 fully saturated rings. The van der Waals surface area contributed by atoms with E-state index in [1.165, 1.54) is 0 Å². The maximum atomic E-state index is 13.2. The lowest BCUT2D eigenvalue weighted by Crippen LogP contribution is -2.49. The maximum Gasteiger partial charge on any atom is 0.271 e. The molecule has 0 N–H and O–H groups in total. The van der Waals surface area contributed by atoms with E-state index in [2.05, 4.69) is 19.4 Å². The summed E-state index contributed by atoms with van der Waals surface area (Å²) >= 11 is 0. The number of hydrogen-bond donors (Lipinski definition) is 0. The normalized spacial score (nSPS) is 21.1. The number of methoxy groups -OCH3 is 1. The molecule has 148 valence electrons. The molecule has 0 unspecified atom stereocenters. The van der Waals surface area contributed by atoms with E-state index in [1.807, 2.05) is 53.6 Å². The van der Waals surface area contributed by atoms with Crippen molar-refractivity contribution in [3.8, 4) is 5.88 Å². The minimum atomic E-state index is 0.0720. The van der Waals surface area contributed by atoms with E-state index in [-0.39, 0.29) is 18.0 Å². The van der Waals surface area contributed by atoms with Crippen LogP contribution in [0.2, 0.25) is 0 Å². The van der Waals surface area contributed by atoms with Crippen LogP contribution in [0, 0.1) is 0 Å². The van der Waals surface area contributed by atoms with Crippen LogP contribution in [0.4, 0.5) is 0 Å². The Hall–Kier alpha value is -3.19. The molecule has 0 radical (unpaired) electrons. The molecule has 29 heavy (non-hydrogen) atoms. The molecule has 2 aliphatic rings. The van der Waals surface area contributed by atoms with Gasteiger partial charge in [-0.1, -0.05) is 12.1 Å². The lowest BCUT2D eigenvalue weighted by Gasteiger charge is -2.38. The number of nitrogens with zero attached hydrogens (tertiary/aromatic N) is 5. The fraction of sp³-hybridized carbons (Fsp3) is 0.318. The van der Waals surface area contributed by atoms with Gasteiger partial charge in [-0.25, -0.2) is 4.98 Å². The van der Waals surface area contributed by atoms with Crippen LogP contribution in [0.1, 0.15) is 27.8 Å². The SMILES string of the molecule is COc1ncccc1CN1C[C@@H]2[C@@H](C1)n1cccc1C(=O)N2Cc1ccccn1. The highest BCUT2D eigenvalue weighted by Gasteiger charge is 2.45.